The minimum Gasteiger partial charge on any atom is -0.390 e. The van der Waals surface area contributed by atoms with E-state index in [4.69, 9.17) is 5.11 Å². The van der Waals surface area contributed by atoms with E-state index in [2.05, 4.69) is 5.10 Å². The van der Waals surface area contributed by atoms with Gasteiger partial charge in [0, 0.05) is 17.8 Å². The fourth-order valence-electron chi connectivity index (χ4n) is 2.03. The molecular formula is C14H13F3N2O2. The molecule has 1 N–H and O–H groups in total. The van der Waals surface area contributed by atoms with Crippen LogP contribution in [0.5, 0.6) is 0 Å². The summed E-state index contributed by atoms with van der Waals surface area (Å²) in [7, 11) is 0. The number of hydrogen-bond acceptors (Lipinski definition) is 3. The fourth-order valence-corrected chi connectivity index (χ4v) is 2.03. The number of aromatic nitrogens is 2. The minimum atomic E-state index is -3.69. The Hall–Kier alpha value is -2.15. The number of hydrogen-bond donors (Lipinski definition) is 1. The summed E-state index contributed by atoms with van der Waals surface area (Å²) in [6, 6.07) is 5.28. The first-order valence-corrected chi connectivity index (χ1v) is 6.20. The lowest BCUT2D eigenvalue weighted by molar-refractivity contribution is -0.0584. The molecule has 0 amide bonds. The Balaban J connectivity index is 2.54. The summed E-state index contributed by atoms with van der Waals surface area (Å²) < 4.78 is 42.3. The van der Waals surface area contributed by atoms with Crippen LogP contribution < -0.4 is 5.56 Å². The average molecular weight is 298 g/mol. The van der Waals surface area contributed by atoms with Crippen LogP contribution in [0, 0.1) is 5.82 Å². The van der Waals surface area contributed by atoms with Crippen LogP contribution in [0.25, 0.3) is 0 Å². The molecule has 0 saturated heterocycles. The van der Waals surface area contributed by atoms with Gasteiger partial charge < -0.3 is 5.11 Å². The average Bonchev–Trinajstić information content (AvgIpc) is 2.47. The van der Waals surface area contributed by atoms with Gasteiger partial charge in [0.05, 0.1) is 11.6 Å². The van der Waals surface area contributed by atoms with Crippen LogP contribution in [0.15, 0.2) is 41.3 Å². The van der Waals surface area contributed by atoms with E-state index >= 15 is 0 Å². The van der Waals surface area contributed by atoms with Crippen molar-refractivity contribution >= 4 is 0 Å². The molecule has 21 heavy (non-hydrogen) atoms. The lowest BCUT2D eigenvalue weighted by atomic mass is 10.0. The molecule has 112 valence electrons. The summed E-state index contributed by atoms with van der Waals surface area (Å²) in [6.45, 7) is -0.0149. The standard InChI is InChI=1S/C14H13F3N2O2/c1-9(19-12(21)6-3-7-18-19)10-4-2-5-11(13(10)15)14(16,17)8-20/h2-7,9,20H,8H2,1H3/t9-/m1/s1. The molecule has 0 spiro atoms. The van der Waals surface area contributed by atoms with Gasteiger partial charge in [-0.3, -0.25) is 4.79 Å². The first-order chi connectivity index (χ1) is 9.88. The monoisotopic (exact) mass is 298 g/mol. The number of halogens is 3. The molecule has 0 saturated carbocycles. The summed E-state index contributed by atoms with van der Waals surface area (Å²) in [4.78, 5) is 11.7. The van der Waals surface area contributed by atoms with E-state index in [-0.39, 0.29) is 5.56 Å². The normalized spacial score (nSPS) is 13.2. The zero-order valence-corrected chi connectivity index (χ0v) is 11.1. The first-order valence-electron chi connectivity index (χ1n) is 6.20. The summed E-state index contributed by atoms with van der Waals surface area (Å²) in [5.41, 5.74) is -1.47. The Bertz CT molecular complexity index is 701. The number of nitrogens with zero attached hydrogens (tertiary/aromatic N) is 2. The number of rotatable bonds is 4. The largest absolute Gasteiger partial charge is 0.390 e. The maximum absolute atomic E-state index is 14.3. The van der Waals surface area contributed by atoms with Crippen molar-refractivity contribution in [2.75, 3.05) is 6.61 Å². The lowest BCUT2D eigenvalue weighted by Gasteiger charge is -2.19. The summed E-state index contributed by atoms with van der Waals surface area (Å²) in [5.74, 6) is -4.84. The second kappa shape index (κ2) is 5.69. The Labute approximate surface area is 118 Å². The summed E-state index contributed by atoms with van der Waals surface area (Å²) in [6.07, 6.45) is 1.35. The van der Waals surface area contributed by atoms with Gasteiger partial charge in [-0.1, -0.05) is 12.1 Å². The molecule has 0 fully saturated rings. The van der Waals surface area contributed by atoms with E-state index in [9.17, 15) is 18.0 Å². The molecule has 0 radical (unpaired) electrons. The van der Waals surface area contributed by atoms with Gasteiger partial charge >= 0.3 is 0 Å². The van der Waals surface area contributed by atoms with E-state index < -0.39 is 35.5 Å². The maximum atomic E-state index is 14.3. The molecule has 1 heterocycles. The number of aliphatic hydroxyl groups excluding tert-OH is 1. The van der Waals surface area contributed by atoms with Crippen molar-refractivity contribution in [1.82, 2.24) is 9.78 Å². The number of alkyl halides is 2. The van der Waals surface area contributed by atoms with E-state index in [0.717, 1.165) is 10.7 Å². The molecule has 0 aliphatic carbocycles. The van der Waals surface area contributed by atoms with E-state index in [1.807, 2.05) is 0 Å². The van der Waals surface area contributed by atoms with Crippen molar-refractivity contribution in [3.8, 4) is 0 Å². The molecule has 1 aromatic heterocycles. The SMILES string of the molecule is C[C@H](c1cccc(C(F)(F)CO)c1F)n1ncccc1=O. The maximum Gasteiger partial charge on any atom is 0.298 e. The predicted octanol–water partition coefficient (Wildman–Crippen LogP) is 2.08. The van der Waals surface area contributed by atoms with Gasteiger partial charge in [0.15, 0.2) is 0 Å². The second-order valence-electron chi connectivity index (χ2n) is 4.55. The van der Waals surface area contributed by atoms with Crippen LogP contribution >= 0.6 is 0 Å². The molecule has 0 unspecified atom stereocenters. The summed E-state index contributed by atoms with van der Waals surface area (Å²) in [5, 5.41) is 12.5. The molecule has 7 heteroatoms. The van der Waals surface area contributed by atoms with Crippen LogP contribution in [0.2, 0.25) is 0 Å². The smallest absolute Gasteiger partial charge is 0.298 e. The number of benzene rings is 1. The van der Waals surface area contributed by atoms with Crippen molar-refractivity contribution in [3.05, 3.63) is 63.8 Å². The van der Waals surface area contributed by atoms with E-state index in [1.165, 1.54) is 37.4 Å². The first kappa shape index (κ1) is 15.2. The van der Waals surface area contributed by atoms with Crippen molar-refractivity contribution in [1.29, 1.82) is 0 Å². The minimum absolute atomic E-state index is 0.0959. The molecule has 2 aromatic rings. The topological polar surface area (TPSA) is 55.1 Å². The van der Waals surface area contributed by atoms with Gasteiger partial charge in [-0.05, 0) is 19.1 Å². The van der Waals surface area contributed by atoms with Crippen molar-refractivity contribution < 1.29 is 18.3 Å². The highest BCUT2D eigenvalue weighted by Gasteiger charge is 2.35. The van der Waals surface area contributed by atoms with Gasteiger partial charge in [0.25, 0.3) is 11.5 Å². The molecular weight excluding hydrogens is 285 g/mol. The lowest BCUT2D eigenvalue weighted by Crippen LogP contribution is -2.27. The second-order valence-corrected chi connectivity index (χ2v) is 4.55. The number of aliphatic hydroxyl groups is 1. The van der Waals surface area contributed by atoms with Crippen molar-refractivity contribution in [3.63, 3.8) is 0 Å². The quantitative estimate of drug-likeness (QED) is 0.940. The molecule has 1 aromatic carbocycles. The highest BCUT2D eigenvalue weighted by Crippen LogP contribution is 2.32. The molecule has 4 nitrogen and oxygen atoms in total. The van der Waals surface area contributed by atoms with Crippen LogP contribution in [0.1, 0.15) is 24.1 Å². The molecule has 0 aliphatic heterocycles. The zero-order valence-electron chi connectivity index (χ0n) is 11.1. The highest BCUT2D eigenvalue weighted by atomic mass is 19.3. The Morgan fingerprint density at radius 2 is 2.05 bits per heavy atom. The predicted molar refractivity (Wildman–Crippen MR) is 69.7 cm³/mol. The van der Waals surface area contributed by atoms with Crippen LogP contribution in [-0.4, -0.2) is 21.5 Å². The summed E-state index contributed by atoms with van der Waals surface area (Å²) >= 11 is 0. The molecule has 0 aliphatic rings. The van der Waals surface area contributed by atoms with E-state index in [0.29, 0.717) is 0 Å². The third-order valence-electron chi connectivity index (χ3n) is 3.18. The van der Waals surface area contributed by atoms with Crippen LogP contribution in [0.3, 0.4) is 0 Å². The van der Waals surface area contributed by atoms with Gasteiger partial charge in [-0.15, -0.1) is 0 Å². The molecule has 1 atom stereocenters. The van der Waals surface area contributed by atoms with E-state index in [1.54, 1.807) is 0 Å². The van der Waals surface area contributed by atoms with Crippen molar-refractivity contribution in [2.45, 2.75) is 18.9 Å². The third-order valence-corrected chi connectivity index (χ3v) is 3.18. The highest BCUT2D eigenvalue weighted by molar-refractivity contribution is 5.31. The Morgan fingerprint density at radius 3 is 2.67 bits per heavy atom. The third kappa shape index (κ3) is 2.82. The van der Waals surface area contributed by atoms with Crippen LogP contribution in [-0.2, 0) is 5.92 Å². The molecule has 0 bridgehead atoms. The van der Waals surface area contributed by atoms with Gasteiger partial charge in [-0.25, -0.2) is 9.07 Å². The van der Waals surface area contributed by atoms with Crippen molar-refractivity contribution in [2.24, 2.45) is 0 Å². The fraction of sp³-hybridized carbons (Fsp3) is 0.286. The van der Waals surface area contributed by atoms with Crippen LogP contribution in [0.4, 0.5) is 13.2 Å². The van der Waals surface area contributed by atoms with Gasteiger partial charge in [0.1, 0.15) is 12.4 Å². The Kier molecular flexibility index (Phi) is 4.13. The van der Waals surface area contributed by atoms with Gasteiger partial charge in [0.2, 0.25) is 0 Å². The zero-order chi connectivity index (χ0) is 15.6. The van der Waals surface area contributed by atoms with Gasteiger partial charge in [-0.2, -0.15) is 13.9 Å². The molecule has 2 rings (SSSR count). The Morgan fingerprint density at radius 1 is 1.33 bits per heavy atom.